The lowest BCUT2D eigenvalue weighted by molar-refractivity contribution is -0.184. The fraction of sp³-hybridized carbons (Fsp3) is 0.812. The SMILES string of the molecule is CC(=O)OC(C)(C)CCC(=O)[C@](C)(O)[C@H]1[C@@H](O)C[C@@]2(C)[C@@H]3CC=C4[C@@H](CC(=O)[C@@H](O)C4(C)C)[C@]3(C)C(=O)C[C@]12C. The molecule has 9 atom stereocenters. The van der Waals surface area contributed by atoms with Gasteiger partial charge in [-0.25, -0.2) is 0 Å². The second kappa shape index (κ2) is 9.30. The lowest BCUT2D eigenvalue weighted by Crippen LogP contribution is -2.65. The Morgan fingerprint density at radius 3 is 2.23 bits per heavy atom. The molecule has 8 nitrogen and oxygen atoms in total. The highest BCUT2D eigenvalue weighted by Gasteiger charge is 2.74. The second-order valence-electron chi connectivity index (χ2n) is 15.2. The zero-order valence-corrected chi connectivity index (χ0v) is 25.6. The molecule has 40 heavy (non-hydrogen) atoms. The number of aliphatic hydroxyl groups excluding tert-OH is 2. The third kappa shape index (κ3) is 4.18. The maximum atomic E-state index is 14.3. The van der Waals surface area contributed by atoms with Gasteiger partial charge >= 0.3 is 5.97 Å². The number of fused-ring (bicyclic) bond motifs is 5. The fourth-order valence-corrected chi connectivity index (χ4v) is 9.63. The molecule has 0 aromatic carbocycles. The van der Waals surface area contributed by atoms with E-state index < -0.39 is 62.7 Å². The van der Waals surface area contributed by atoms with Gasteiger partial charge in [-0.2, -0.15) is 0 Å². The number of Topliss-reactive ketones (excluding diaryl/α,β-unsaturated/α-hetero) is 3. The first-order valence-electron chi connectivity index (χ1n) is 14.7. The van der Waals surface area contributed by atoms with Crippen LogP contribution in [0.15, 0.2) is 11.6 Å². The van der Waals surface area contributed by atoms with Crippen LogP contribution in [-0.4, -0.2) is 62.0 Å². The summed E-state index contributed by atoms with van der Waals surface area (Å²) < 4.78 is 5.31. The summed E-state index contributed by atoms with van der Waals surface area (Å²) in [6.07, 6.45) is 1.17. The van der Waals surface area contributed by atoms with Gasteiger partial charge in [0.15, 0.2) is 11.6 Å². The van der Waals surface area contributed by atoms with Crippen LogP contribution in [0, 0.1) is 39.4 Å². The maximum absolute atomic E-state index is 14.3. The molecule has 0 radical (unpaired) electrons. The van der Waals surface area contributed by atoms with Crippen LogP contribution in [0.4, 0.5) is 0 Å². The molecule has 3 N–H and O–H groups in total. The van der Waals surface area contributed by atoms with Crippen molar-refractivity contribution in [1.29, 1.82) is 0 Å². The highest BCUT2D eigenvalue weighted by Crippen LogP contribution is 2.74. The summed E-state index contributed by atoms with van der Waals surface area (Å²) in [6, 6.07) is 0. The number of ether oxygens (including phenoxy) is 1. The summed E-state index contributed by atoms with van der Waals surface area (Å²) in [4.78, 5) is 52.2. The van der Waals surface area contributed by atoms with Gasteiger partial charge in [0.1, 0.15) is 23.1 Å². The Balaban J connectivity index is 1.70. The van der Waals surface area contributed by atoms with E-state index in [9.17, 15) is 34.5 Å². The minimum atomic E-state index is -1.91. The quantitative estimate of drug-likeness (QED) is 0.330. The van der Waals surface area contributed by atoms with Crippen LogP contribution >= 0.6 is 0 Å². The van der Waals surface area contributed by atoms with Crippen molar-refractivity contribution in [3.05, 3.63) is 11.6 Å². The van der Waals surface area contributed by atoms with Crippen LogP contribution in [-0.2, 0) is 23.9 Å². The molecule has 0 saturated heterocycles. The first-order valence-corrected chi connectivity index (χ1v) is 14.7. The van der Waals surface area contributed by atoms with Gasteiger partial charge in [-0.3, -0.25) is 19.2 Å². The van der Waals surface area contributed by atoms with E-state index in [1.807, 2.05) is 27.7 Å². The minimum absolute atomic E-state index is 0.0218. The summed E-state index contributed by atoms with van der Waals surface area (Å²) in [6.45, 7) is 15.8. The first-order chi connectivity index (χ1) is 18.1. The maximum Gasteiger partial charge on any atom is 0.303 e. The van der Waals surface area contributed by atoms with Gasteiger partial charge in [0.05, 0.1) is 6.10 Å². The number of hydrogen-bond donors (Lipinski definition) is 3. The molecule has 3 saturated carbocycles. The number of carbonyl (C=O) groups excluding carboxylic acids is 4. The molecule has 4 rings (SSSR count). The lowest BCUT2D eigenvalue weighted by atomic mass is 9.38. The Morgan fingerprint density at radius 1 is 1.05 bits per heavy atom. The Morgan fingerprint density at radius 2 is 1.65 bits per heavy atom. The van der Waals surface area contributed by atoms with Crippen molar-refractivity contribution in [2.75, 3.05) is 0 Å². The van der Waals surface area contributed by atoms with Gasteiger partial charge in [-0.05, 0) is 62.7 Å². The van der Waals surface area contributed by atoms with Crippen molar-refractivity contribution >= 4 is 23.3 Å². The first kappa shape index (κ1) is 31.0. The zero-order chi connectivity index (χ0) is 30.4. The topological polar surface area (TPSA) is 138 Å². The largest absolute Gasteiger partial charge is 0.460 e. The van der Waals surface area contributed by atoms with Crippen molar-refractivity contribution in [2.24, 2.45) is 39.4 Å². The Hall–Kier alpha value is -1.90. The number of carbonyl (C=O) groups is 4. The summed E-state index contributed by atoms with van der Waals surface area (Å²) in [5.74, 6) is -2.62. The van der Waals surface area contributed by atoms with E-state index >= 15 is 0 Å². The van der Waals surface area contributed by atoms with Gasteiger partial charge in [-0.15, -0.1) is 0 Å². The van der Waals surface area contributed by atoms with E-state index in [2.05, 4.69) is 13.0 Å². The van der Waals surface area contributed by atoms with Crippen molar-refractivity contribution in [1.82, 2.24) is 0 Å². The van der Waals surface area contributed by atoms with Crippen LogP contribution in [0.3, 0.4) is 0 Å². The van der Waals surface area contributed by atoms with Crippen LogP contribution in [0.1, 0.15) is 101 Å². The zero-order valence-electron chi connectivity index (χ0n) is 25.6. The normalized spacial score (nSPS) is 42.2. The molecule has 4 aliphatic rings. The average molecular weight is 561 g/mol. The smallest absolute Gasteiger partial charge is 0.303 e. The molecule has 8 heteroatoms. The standard InChI is InChI=1S/C32H48O8/c1-17(33)40-27(2,3)13-12-23(36)32(9,39)25-21(35)15-29(6)22-11-10-18-19(14-20(34)26(38)28(18,4)5)31(22,8)24(37)16-30(25,29)7/h10,19,21-22,25-26,35,38-39H,11-16H2,1-9H3/t19-,21+,22+,25+,26-,29+,30-,31+,32+/m1/s1. The molecule has 0 amide bonds. The average Bonchev–Trinajstić information content (AvgIpc) is 3.01. The third-order valence-electron chi connectivity index (χ3n) is 12.0. The van der Waals surface area contributed by atoms with E-state index in [0.29, 0.717) is 12.8 Å². The molecule has 224 valence electrons. The summed E-state index contributed by atoms with van der Waals surface area (Å²) in [7, 11) is 0. The molecule has 0 spiro atoms. The van der Waals surface area contributed by atoms with E-state index in [1.165, 1.54) is 13.8 Å². The van der Waals surface area contributed by atoms with E-state index in [1.54, 1.807) is 13.8 Å². The molecule has 0 bridgehead atoms. The molecular formula is C32H48O8. The van der Waals surface area contributed by atoms with Gasteiger partial charge in [-0.1, -0.05) is 46.3 Å². The predicted molar refractivity (Wildman–Crippen MR) is 148 cm³/mol. The molecular weight excluding hydrogens is 512 g/mol. The van der Waals surface area contributed by atoms with Gasteiger partial charge < -0.3 is 20.1 Å². The van der Waals surface area contributed by atoms with Gasteiger partial charge in [0, 0.05) is 42.9 Å². The number of hydrogen-bond acceptors (Lipinski definition) is 8. The number of aliphatic hydroxyl groups is 3. The van der Waals surface area contributed by atoms with E-state index in [-0.39, 0.29) is 49.1 Å². The fourth-order valence-electron chi connectivity index (χ4n) is 9.63. The van der Waals surface area contributed by atoms with Crippen LogP contribution in [0.25, 0.3) is 0 Å². The molecule has 0 aliphatic heterocycles. The summed E-state index contributed by atoms with van der Waals surface area (Å²) in [5.41, 5.74) is -4.98. The number of allylic oxidation sites excluding steroid dienone is 1. The molecule has 4 aliphatic carbocycles. The van der Waals surface area contributed by atoms with Crippen molar-refractivity contribution in [2.45, 2.75) is 124 Å². The number of ketones is 3. The molecule has 3 fully saturated rings. The minimum Gasteiger partial charge on any atom is -0.460 e. The second-order valence-corrected chi connectivity index (χ2v) is 15.2. The molecule has 0 unspecified atom stereocenters. The van der Waals surface area contributed by atoms with Crippen molar-refractivity contribution in [3.8, 4) is 0 Å². The molecule has 0 aromatic rings. The van der Waals surface area contributed by atoms with Crippen LogP contribution < -0.4 is 0 Å². The van der Waals surface area contributed by atoms with Gasteiger partial charge in [0.2, 0.25) is 0 Å². The van der Waals surface area contributed by atoms with Crippen LogP contribution in [0.2, 0.25) is 0 Å². The lowest BCUT2D eigenvalue weighted by Gasteiger charge is -2.64. The number of esters is 1. The highest BCUT2D eigenvalue weighted by molar-refractivity contribution is 5.93. The number of rotatable bonds is 6. The third-order valence-corrected chi connectivity index (χ3v) is 12.0. The molecule has 0 heterocycles. The predicted octanol–water partition coefficient (Wildman–Crippen LogP) is 3.72. The van der Waals surface area contributed by atoms with Crippen molar-refractivity contribution in [3.63, 3.8) is 0 Å². The van der Waals surface area contributed by atoms with E-state index in [0.717, 1.165) is 5.57 Å². The molecule has 0 aromatic heterocycles. The van der Waals surface area contributed by atoms with E-state index in [4.69, 9.17) is 4.74 Å². The van der Waals surface area contributed by atoms with Crippen molar-refractivity contribution < 1.29 is 39.2 Å². The highest BCUT2D eigenvalue weighted by atomic mass is 16.6. The summed E-state index contributed by atoms with van der Waals surface area (Å²) >= 11 is 0. The van der Waals surface area contributed by atoms with Crippen LogP contribution in [0.5, 0.6) is 0 Å². The van der Waals surface area contributed by atoms with Gasteiger partial charge in [0.25, 0.3) is 0 Å². The Bertz CT molecular complexity index is 1160. The Labute approximate surface area is 237 Å². The Kier molecular flexibility index (Phi) is 7.22. The monoisotopic (exact) mass is 560 g/mol. The summed E-state index contributed by atoms with van der Waals surface area (Å²) in [5, 5.41) is 34.0.